The van der Waals surface area contributed by atoms with Crippen LogP contribution < -0.4 is 0 Å². The van der Waals surface area contributed by atoms with Gasteiger partial charge in [-0.2, -0.15) is 5.26 Å². The number of hydrogen-bond donors (Lipinski definition) is 0. The van der Waals surface area contributed by atoms with Crippen molar-refractivity contribution >= 4 is 0 Å². The summed E-state index contributed by atoms with van der Waals surface area (Å²) in [5.41, 5.74) is 2.05. The Labute approximate surface area is 108 Å². The van der Waals surface area contributed by atoms with Crippen molar-refractivity contribution in [3.8, 4) is 6.07 Å². The summed E-state index contributed by atoms with van der Waals surface area (Å²) in [5, 5.41) is 17.1. The zero-order chi connectivity index (χ0) is 12.8. The molecule has 1 saturated carbocycles. The van der Waals surface area contributed by atoms with E-state index in [4.69, 9.17) is 10.00 Å². The fraction of sp³-hybridized carbons (Fsp3) is 0.769. The Balaban J connectivity index is 1.96. The topological polar surface area (TPSA) is 63.7 Å². The Kier molecular flexibility index (Phi) is 4.71. The number of methoxy groups -OCH3 is 1. The van der Waals surface area contributed by atoms with E-state index in [2.05, 4.69) is 16.4 Å². The first-order chi connectivity index (χ1) is 8.85. The molecule has 18 heavy (non-hydrogen) atoms. The standard InChI is InChI=1S/C13H20N4O/c1-18-9-3-2-8-17-13(10-11-4-5-11)12(6-7-14)15-16-17/h11H,2-6,8-10H2,1H3. The van der Waals surface area contributed by atoms with E-state index in [1.165, 1.54) is 18.5 Å². The predicted octanol–water partition coefficient (Wildman–Crippen LogP) is 1.72. The molecule has 0 atom stereocenters. The van der Waals surface area contributed by atoms with Crippen molar-refractivity contribution in [1.82, 2.24) is 15.0 Å². The quantitative estimate of drug-likeness (QED) is 0.657. The number of nitriles is 1. The third-order valence-electron chi connectivity index (χ3n) is 3.31. The van der Waals surface area contributed by atoms with Gasteiger partial charge in [-0.05, 0) is 38.0 Å². The highest BCUT2D eigenvalue weighted by Gasteiger charge is 2.25. The monoisotopic (exact) mass is 248 g/mol. The highest BCUT2D eigenvalue weighted by molar-refractivity contribution is 5.16. The van der Waals surface area contributed by atoms with Crippen molar-refractivity contribution in [2.24, 2.45) is 5.92 Å². The fourth-order valence-electron chi connectivity index (χ4n) is 2.09. The van der Waals surface area contributed by atoms with E-state index >= 15 is 0 Å². The molecular weight excluding hydrogens is 228 g/mol. The van der Waals surface area contributed by atoms with Crippen molar-refractivity contribution in [3.63, 3.8) is 0 Å². The third-order valence-corrected chi connectivity index (χ3v) is 3.31. The zero-order valence-electron chi connectivity index (χ0n) is 10.9. The summed E-state index contributed by atoms with van der Waals surface area (Å²) in [6.07, 6.45) is 6.10. The average molecular weight is 248 g/mol. The van der Waals surface area contributed by atoms with Crippen molar-refractivity contribution in [3.05, 3.63) is 11.4 Å². The molecule has 0 radical (unpaired) electrons. The van der Waals surface area contributed by atoms with Crippen LogP contribution in [-0.2, 0) is 24.1 Å². The maximum Gasteiger partial charge on any atom is 0.0999 e. The highest BCUT2D eigenvalue weighted by Crippen LogP contribution is 2.33. The van der Waals surface area contributed by atoms with E-state index in [0.717, 1.165) is 44.0 Å². The van der Waals surface area contributed by atoms with Gasteiger partial charge >= 0.3 is 0 Å². The second-order valence-corrected chi connectivity index (χ2v) is 4.89. The average Bonchev–Trinajstić information content (AvgIpc) is 3.11. The lowest BCUT2D eigenvalue weighted by atomic mass is 10.1. The molecule has 0 saturated heterocycles. The van der Waals surface area contributed by atoms with Gasteiger partial charge < -0.3 is 4.74 Å². The lowest BCUT2D eigenvalue weighted by Gasteiger charge is -2.06. The molecule has 98 valence electrons. The van der Waals surface area contributed by atoms with Crippen molar-refractivity contribution in [2.45, 2.75) is 45.1 Å². The first-order valence-electron chi connectivity index (χ1n) is 6.62. The molecule has 2 rings (SSSR count). The molecule has 0 amide bonds. The molecule has 1 aliphatic carbocycles. The minimum atomic E-state index is 0.375. The summed E-state index contributed by atoms with van der Waals surface area (Å²) in [6, 6.07) is 2.17. The predicted molar refractivity (Wildman–Crippen MR) is 66.9 cm³/mol. The normalized spacial score (nSPS) is 14.7. The molecule has 1 aromatic rings. The third kappa shape index (κ3) is 3.54. The molecule has 1 aromatic heterocycles. The van der Waals surface area contributed by atoms with Gasteiger partial charge in [-0.1, -0.05) is 5.21 Å². The fourth-order valence-corrected chi connectivity index (χ4v) is 2.09. The number of ether oxygens (including phenoxy) is 1. The van der Waals surface area contributed by atoms with Crippen LogP contribution >= 0.6 is 0 Å². The largest absolute Gasteiger partial charge is 0.385 e. The smallest absolute Gasteiger partial charge is 0.0999 e. The van der Waals surface area contributed by atoms with Gasteiger partial charge in [0.15, 0.2) is 0 Å². The van der Waals surface area contributed by atoms with Crippen molar-refractivity contribution < 1.29 is 4.74 Å². The van der Waals surface area contributed by atoms with Crippen LogP contribution in [0, 0.1) is 17.2 Å². The van der Waals surface area contributed by atoms with Crippen LogP contribution in [0.1, 0.15) is 37.1 Å². The SMILES string of the molecule is COCCCCn1nnc(CC#N)c1CC1CC1. The maximum atomic E-state index is 8.81. The Hall–Kier alpha value is -1.41. The summed E-state index contributed by atoms with van der Waals surface area (Å²) < 4.78 is 7.03. The van der Waals surface area contributed by atoms with Crippen LogP contribution in [0.2, 0.25) is 0 Å². The van der Waals surface area contributed by atoms with Gasteiger partial charge in [0.2, 0.25) is 0 Å². The highest BCUT2D eigenvalue weighted by atomic mass is 16.5. The number of aromatic nitrogens is 3. The molecule has 5 heteroatoms. The summed E-state index contributed by atoms with van der Waals surface area (Å²) in [7, 11) is 1.72. The first kappa shape index (κ1) is 13.0. The molecule has 0 spiro atoms. The van der Waals surface area contributed by atoms with Gasteiger partial charge in [0, 0.05) is 20.3 Å². The van der Waals surface area contributed by atoms with Crippen LogP contribution in [0.3, 0.4) is 0 Å². The number of aryl methyl sites for hydroxylation is 1. The van der Waals surface area contributed by atoms with E-state index in [1.54, 1.807) is 7.11 Å². The van der Waals surface area contributed by atoms with E-state index in [9.17, 15) is 0 Å². The number of unbranched alkanes of at least 4 members (excludes halogenated alkanes) is 1. The lowest BCUT2D eigenvalue weighted by molar-refractivity contribution is 0.190. The molecule has 1 fully saturated rings. The Morgan fingerprint density at radius 2 is 2.28 bits per heavy atom. The molecule has 1 heterocycles. The van der Waals surface area contributed by atoms with Gasteiger partial charge in [-0.25, -0.2) is 4.68 Å². The van der Waals surface area contributed by atoms with Crippen molar-refractivity contribution in [2.75, 3.05) is 13.7 Å². The van der Waals surface area contributed by atoms with Gasteiger partial charge in [-0.15, -0.1) is 5.10 Å². The van der Waals surface area contributed by atoms with E-state index in [1.807, 2.05) is 4.68 Å². The van der Waals surface area contributed by atoms with Crippen LogP contribution in [-0.4, -0.2) is 28.7 Å². The van der Waals surface area contributed by atoms with Crippen LogP contribution in [0.25, 0.3) is 0 Å². The van der Waals surface area contributed by atoms with Crippen LogP contribution in [0.4, 0.5) is 0 Å². The van der Waals surface area contributed by atoms with Crippen LogP contribution in [0.15, 0.2) is 0 Å². The van der Waals surface area contributed by atoms with Crippen molar-refractivity contribution in [1.29, 1.82) is 5.26 Å². The lowest BCUT2D eigenvalue weighted by Crippen LogP contribution is -2.08. The first-order valence-corrected chi connectivity index (χ1v) is 6.62. The summed E-state index contributed by atoms with van der Waals surface area (Å²) >= 11 is 0. The minimum absolute atomic E-state index is 0.375. The minimum Gasteiger partial charge on any atom is -0.385 e. The van der Waals surface area contributed by atoms with Gasteiger partial charge in [0.25, 0.3) is 0 Å². The van der Waals surface area contributed by atoms with Gasteiger partial charge in [0.1, 0.15) is 0 Å². The Morgan fingerprint density at radius 3 is 2.94 bits per heavy atom. The molecular formula is C13H20N4O. The molecule has 1 aliphatic rings. The zero-order valence-corrected chi connectivity index (χ0v) is 10.9. The molecule has 0 N–H and O–H groups in total. The second-order valence-electron chi connectivity index (χ2n) is 4.89. The number of hydrogen-bond acceptors (Lipinski definition) is 4. The van der Waals surface area contributed by atoms with Crippen LogP contribution in [0.5, 0.6) is 0 Å². The summed E-state index contributed by atoms with van der Waals surface area (Å²) in [6.45, 7) is 1.67. The molecule has 0 aromatic carbocycles. The summed E-state index contributed by atoms with van der Waals surface area (Å²) in [5.74, 6) is 0.790. The maximum absolute atomic E-state index is 8.81. The van der Waals surface area contributed by atoms with E-state index < -0.39 is 0 Å². The molecule has 0 bridgehead atoms. The Morgan fingerprint density at radius 1 is 1.44 bits per heavy atom. The molecule has 0 aliphatic heterocycles. The molecule has 5 nitrogen and oxygen atoms in total. The van der Waals surface area contributed by atoms with E-state index in [-0.39, 0.29) is 0 Å². The summed E-state index contributed by atoms with van der Waals surface area (Å²) in [4.78, 5) is 0. The number of rotatable bonds is 8. The van der Waals surface area contributed by atoms with Gasteiger partial charge in [0.05, 0.1) is 23.9 Å². The van der Waals surface area contributed by atoms with Gasteiger partial charge in [-0.3, -0.25) is 0 Å². The van der Waals surface area contributed by atoms with E-state index in [0.29, 0.717) is 6.42 Å². The molecule has 0 unspecified atom stereocenters. The number of nitrogens with zero attached hydrogens (tertiary/aromatic N) is 4. The second kappa shape index (κ2) is 6.50. The Bertz CT molecular complexity index is 417.